The van der Waals surface area contributed by atoms with Gasteiger partial charge in [0.25, 0.3) is 0 Å². The quantitative estimate of drug-likeness (QED) is 0.651. The number of rotatable bonds is 0. The molecule has 0 fully saturated rings. The monoisotopic (exact) mass is 263 g/mol. The van der Waals surface area contributed by atoms with Crippen LogP contribution in [-0.2, 0) is 12.8 Å². The SMILES string of the molecule is Clc1ccc2c(c1)CCc1cccnc1C2Cl. The molecule has 3 heteroatoms. The Bertz CT molecular complexity index is 566. The number of aryl methyl sites for hydroxylation is 2. The van der Waals surface area contributed by atoms with Gasteiger partial charge in [0.05, 0.1) is 5.69 Å². The highest BCUT2D eigenvalue weighted by Gasteiger charge is 2.22. The second kappa shape index (κ2) is 4.32. The lowest BCUT2D eigenvalue weighted by Crippen LogP contribution is -1.99. The van der Waals surface area contributed by atoms with Gasteiger partial charge in [-0.25, -0.2) is 0 Å². The number of pyridine rings is 1. The summed E-state index contributed by atoms with van der Waals surface area (Å²) in [6, 6.07) is 9.98. The number of nitrogens with zero attached hydrogens (tertiary/aromatic N) is 1. The fourth-order valence-corrected chi connectivity index (χ4v) is 2.95. The lowest BCUT2D eigenvalue weighted by atomic mass is 10.0. The molecule has 0 aliphatic heterocycles. The molecule has 1 nitrogen and oxygen atoms in total. The maximum Gasteiger partial charge on any atom is 0.101 e. The van der Waals surface area contributed by atoms with E-state index in [4.69, 9.17) is 23.2 Å². The first-order valence-corrected chi connectivity index (χ1v) is 6.43. The minimum atomic E-state index is -0.166. The average molecular weight is 264 g/mol. The smallest absolute Gasteiger partial charge is 0.101 e. The van der Waals surface area contributed by atoms with E-state index in [1.54, 1.807) is 6.20 Å². The second-order valence-electron chi connectivity index (χ2n) is 4.25. The summed E-state index contributed by atoms with van der Waals surface area (Å²) in [7, 11) is 0. The predicted molar refractivity (Wildman–Crippen MR) is 70.8 cm³/mol. The van der Waals surface area contributed by atoms with Crippen LogP contribution >= 0.6 is 23.2 Å². The first kappa shape index (κ1) is 11.1. The molecular weight excluding hydrogens is 253 g/mol. The number of alkyl halides is 1. The molecule has 0 spiro atoms. The summed E-state index contributed by atoms with van der Waals surface area (Å²) >= 11 is 12.6. The normalized spacial score (nSPS) is 18.1. The zero-order valence-corrected chi connectivity index (χ0v) is 10.7. The highest BCUT2D eigenvalue weighted by molar-refractivity contribution is 6.30. The summed E-state index contributed by atoms with van der Waals surface area (Å²) in [5.74, 6) is 0. The van der Waals surface area contributed by atoms with E-state index < -0.39 is 0 Å². The summed E-state index contributed by atoms with van der Waals surface area (Å²) in [5.41, 5.74) is 4.58. The molecule has 1 atom stereocenters. The van der Waals surface area contributed by atoms with Crippen molar-refractivity contribution in [2.45, 2.75) is 18.2 Å². The molecule has 0 radical (unpaired) electrons. The van der Waals surface area contributed by atoms with Gasteiger partial charge in [-0.05, 0) is 47.7 Å². The summed E-state index contributed by atoms with van der Waals surface area (Å²) < 4.78 is 0. The van der Waals surface area contributed by atoms with E-state index in [0.29, 0.717) is 0 Å². The fraction of sp³-hybridized carbons (Fsp3) is 0.214. The van der Waals surface area contributed by atoms with Crippen LogP contribution in [0.25, 0.3) is 0 Å². The van der Waals surface area contributed by atoms with Crippen molar-refractivity contribution in [1.29, 1.82) is 0 Å². The molecule has 1 heterocycles. The summed E-state index contributed by atoms with van der Waals surface area (Å²) in [6.45, 7) is 0. The number of hydrogen-bond donors (Lipinski definition) is 0. The molecule has 0 N–H and O–H groups in total. The van der Waals surface area contributed by atoms with Crippen molar-refractivity contribution in [2.75, 3.05) is 0 Å². The van der Waals surface area contributed by atoms with Crippen LogP contribution in [0.4, 0.5) is 0 Å². The van der Waals surface area contributed by atoms with E-state index in [1.165, 1.54) is 11.1 Å². The number of aromatic nitrogens is 1. The van der Waals surface area contributed by atoms with E-state index in [9.17, 15) is 0 Å². The van der Waals surface area contributed by atoms with Crippen LogP contribution < -0.4 is 0 Å². The molecule has 17 heavy (non-hydrogen) atoms. The molecule has 1 aliphatic carbocycles. The molecule has 0 saturated carbocycles. The van der Waals surface area contributed by atoms with E-state index in [0.717, 1.165) is 29.1 Å². The zero-order valence-electron chi connectivity index (χ0n) is 9.16. The Morgan fingerprint density at radius 1 is 1.12 bits per heavy atom. The van der Waals surface area contributed by atoms with Gasteiger partial charge < -0.3 is 0 Å². The molecule has 2 aromatic rings. The first-order valence-electron chi connectivity index (χ1n) is 5.62. The lowest BCUT2D eigenvalue weighted by Gasteiger charge is -2.12. The Balaban J connectivity index is 2.16. The van der Waals surface area contributed by atoms with Crippen molar-refractivity contribution in [3.8, 4) is 0 Å². The molecule has 1 aromatic carbocycles. The molecule has 1 unspecified atom stereocenters. The topological polar surface area (TPSA) is 12.9 Å². The van der Waals surface area contributed by atoms with Crippen molar-refractivity contribution < 1.29 is 0 Å². The van der Waals surface area contributed by atoms with Crippen molar-refractivity contribution in [2.24, 2.45) is 0 Å². The van der Waals surface area contributed by atoms with Crippen LogP contribution in [0.15, 0.2) is 36.5 Å². The minimum Gasteiger partial charge on any atom is -0.259 e. The van der Waals surface area contributed by atoms with Crippen LogP contribution in [-0.4, -0.2) is 4.98 Å². The van der Waals surface area contributed by atoms with E-state index in [2.05, 4.69) is 11.1 Å². The van der Waals surface area contributed by atoms with Crippen LogP contribution in [0.2, 0.25) is 5.02 Å². The standard InChI is InChI=1S/C14H11Cl2N/c15-11-5-6-12-10(8-11)4-3-9-2-1-7-17-14(9)13(12)16/h1-2,5-8,13H,3-4H2. The number of fused-ring (bicyclic) bond motifs is 2. The van der Waals surface area contributed by atoms with Gasteiger partial charge in [0.15, 0.2) is 0 Å². The minimum absolute atomic E-state index is 0.166. The number of hydrogen-bond acceptors (Lipinski definition) is 1. The third-order valence-electron chi connectivity index (χ3n) is 3.21. The van der Waals surface area contributed by atoms with Gasteiger partial charge in [-0.1, -0.05) is 23.7 Å². The Hall–Kier alpha value is -1.05. The van der Waals surface area contributed by atoms with E-state index in [1.807, 2.05) is 24.3 Å². The van der Waals surface area contributed by atoms with Crippen LogP contribution in [0.5, 0.6) is 0 Å². The molecule has 3 rings (SSSR count). The van der Waals surface area contributed by atoms with Crippen LogP contribution in [0.3, 0.4) is 0 Å². The van der Waals surface area contributed by atoms with Gasteiger partial charge >= 0.3 is 0 Å². The number of halogens is 2. The van der Waals surface area contributed by atoms with Gasteiger partial charge in [0.2, 0.25) is 0 Å². The number of benzene rings is 1. The van der Waals surface area contributed by atoms with Crippen molar-refractivity contribution >= 4 is 23.2 Å². The molecule has 0 saturated heterocycles. The lowest BCUT2D eigenvalue weighted by molar-refractivity contribution is 0.950. The van der Waals surface area contributed by atoms with Crippen molar-refractivity contribution in [3.63, 3.8) is 0 Å². The maximum absolute atomic E-state index is 6.53. The summed E-state index contributed by atoms with van der Waals surface area (Å²) in [4.78, 5) is 4.42. The van der Waals surface area contributed by atoms with Gasteiger partial charge in [-0.2, -0.15) is 0 Å². The third kappa shape index (κ3) is 1.94. The zero-order chi connectivity index (χ0) is 11.8. The van der Waals surface area contributed by atoms with E-state index in [-0.39, 0.29) is 5.38 Å². The summed E-state index contributed by atoms with van der Waals surface area (Å²) in [5, 5.41) is 0.604. The van der Waals surface area contributed by atoms with Gasteiger partial charge in [-0.3, -0.25) is 4.98 Å². The highest BCUT2D eigenvalue weighted by atomic mass is 35.5. The van der Waals surface area contributed by atoms with Crippen LogP contribution in [0.1, 0.15) is 27.8 Å². The first-order chi connectivity index (χ1) is 8.25. The Kier molecular flexibility index (Phi) is 2.81. The molecule has 0 amide bonds. The van der Waals surface area contributed by atoms with Crippen molar-refractivity contribution in [3.05, 3.63) is 63.9 Å². The van der Waals surface area contributed by atoms with Gasteiger partial charge in [-0.15, -0.1) is 11.6 Å². The molecular formula is C14H11Cl2N. The highest BCUT2D eigenvalue weighted by Crippen LogP contribution is 2.36. The second-order valence-corrected chi connectivity index (χ2v) is 5.13. The molecule has 0 bridgehead atoms. The predicted octanol–water partition coefficient (Wildman–Crippen LogP) is 4.16. The van der Waals surface area contributed by atoms with Crippen LogP contribution in [0, 0.1) is 0 Å². The largest absolute Gasteiger partial charge is 0.259 e. The average Bonchev–Trinajstić information content (AvgIpc) is 2.48. The summed E-state index contributed by atoms with van der Waals surface area (Å²) in [6.07, 6.45) is 3.74. The Morgan fingerprint density at radius 3 is 2.82 bits per heavy atom. The Morgan fingerprint density at radius 2 is 1.94 bits per heavy atom. The van der Waals surface area contributed by atoms with Crippen molar-refractivity contribution in [1.82, 2.24) is 4.98 Å². The molecule has 1 aliphatic rings. The fourth-order valence-electron chi connectivity index (χ4n) is 2.35. The molecule has 1 aromatic heterocycles. The van der Waals surface area contributed by atoms with Gasteiger partial charge in [0.1, 0.15) is 5.38 Å². The Labute approximate surface area is 110 Å². The molecule has 86 valence electrons. The van der Waals surface area contributed by atoms with Gasteiger partial charge in [0, 0.05) is 11.2 Å². The van der Waals surface area contributed by atoms with E-state index >= 15 is 0 Å². The maximum atomic E-state index is 6.53. The third-order valence-corrected chi connectivity index (χ3v) is 3.88.